The van der Waals surface area contributed by atoms with Crippen molar-refractivity contribution >= 4 is 5.82 Å². The van der Waals surface area contributed by atoms with E-state index in [2.05, 4.69) is 33.0 Å². The topological polar surface area (TPSA) is 76.5 Å². The van der Waals surface area contributed by atoms with Gasteiger partial charge < -0.3 is 19.9 Å². The van der Waals surface area contributed by atoms with E-state index in [1.807, 2.05) is 12.1 Å². The molecule has 0 bridgehead atoms. The standard InChI is InChI=1S/C23H35N3O3/c1-8-15-12-20(28-6)17(14(5)27)13-18(15)21-23(29-7)26-22(19(11-4)25-21)24-16(9-2)10-3/h12-14,16,27H,8-11H2,1-7H3,(H,24,26). The van der Waals surface area contributed by atoms with Crippen LogP contribution in [0.2, 0.25) is 0 Å². The Hall–Kier alpha value is -2.34. The predicted octanol–water partition coefficient (Wildman–Crippen LogP) is 4.94. The van der Waals surface area contributed by atoms with Gasteiger partial charge in [0.05, 0.1) is 26.0 Å². The molecule has 1 aromatic heterocycles. The molecule has 2 aromatic rings. The van der Waals surface area contributed by atoms with E-state index in [4.69, 9.17) is 19.4 Å². The van der Waals surface area contributed by atoms with E-state index in [0.717, 1.165) is 53.9 Å². The molecule has 1 aromatic carbocycles. The number of aliphatic hydroxyl groups excluding tert-OH is 1. The smallest absolute Gasteiger partial charge is 0.242 e. The Morgan fingerprint density at radius 2 is 1.69 bits per heavy atom. The molecule has 1 heterocycles. The Labute approximate surface area is 174 Å². The van der Waals surface area contributed by atoms with Crippen molar-refractivity contribution in [2.75, 3.05) is 19.5 Å². The SMILES string of the molecule is CCc1cc(OC)c(C(C)O)cc1-c1nc(CC)c(NC(CC)CC)nc1OC. The molecule has 0 radical (unpaired) electrons. The third kappa shape index (κ3) is 4.99. The molecule has 6 nitrogen and oxygen atoms in total. The van der Waals surface area contributed by atoms with Gasteiger partial charge in [0.25, 0.3) is 0 Å². The van der Waals surface area contributed by atoms with Crippen molar-refractivity contribution in [2.24, 2.45) is 0 Å². The maximum absolute atomic E-state index is 10.2. The lowest BCUT2D eigenvalue weighted by atomic mass is 9.96. The van der Waals surface area contributed by atoms with Gasteiger partial charge in [-0.05, 0) is 50.3 Å². The maximum Gasteiger partial charge on any atom is 0.242 e. The molecule has 2 rings (SSSR count). The summed E-state index contributed by atoms with van der Waals surface area (Å²) in [6, 6.07) is 4.27. The molecule has 0 aliphatic carbocycles. The van der Waals surface area contributed by atoms with Crippen LogP contribution in [0.5, 0.6) is 11.6 Å². The average Bonchev–Trinajstić information content (AvgIpc) is 2.75. The summed E-state index contributed by atoms with van der Waals surface area (Å²) in [5, 5.41) is 13.8. The number of ether oxygens (including phenoxy) is 2. The number of hydrogen-bond acceptors (Lipinski definition) is 6. The van der Waals surface area contributed by atoms with Gasteiger partial charge in [-0.3, -0.25) is 0 Å². The van der Waals surface area contributed by atoms with Gasteiger partial charge in [-0.15, -0.1) is 0 Å². The molecule has 160 valence electrons. The summed E-state index contributed by atoms with van der Waals surface area (Å²) >= 11 is 0. The van der Waals surface area contributed by atoms with Gasteiger partial charge in [-0.1, -0.05) is 27.7 Å². The van der Waals surface area contributed by atoms with E-state index in [1.165, 1.54) is 0 Å². The quantitative estimate of drug-likeness (QED) is 0.587. The first-order valence-corrected chi connectivity index (χ1v) is 10.5. The molecule has 2 N–H and O–H groups in total. The second-order valence-electron chi connectivity index (χ2n) is 7.17. The number of hydrogen-bond donors (Lipinski definition) is 2. The highest BCUT2D eigenvalue weighted by Crippen LogP contribution is 2.37. The molecule has 1 atom stereocenters. The van der Waals surface area contributed by atoms with E-state index in [-0.39, 0.29) is 0 Å². The summed E-state index contributed by atoms with van der Waals surface area (Å²) in [6.07, 6.45) is 2.93. The van der Waals surface area contributed by atoms with E-state index in [0.29, 0.717) is 23.4 Å². The zero-order valence-corrected chi connectivity index (χ0v) is 18.8. The third-order valence-corrected chi connectivity index (χ3v) is 5.33. The lowest BCUT2D eigenvalue weighted by Gasteiger charge is -2.21. The van der Waals surface area contributed by atoms with Crippen LogP contribution in [0.4, 0.5) is 5.82 Å². The molecule has 0 spiro atoms. The second-order valence-corrected chi connectivity index (χ2v) is 7.17. The molecule has 0 aliphatic rings. The van der Waals surface area contributed by atoms with Crippen molar-refractivity contribution in [3.8, 4) is 22.9 Å². The molecular formula is C23H35N3O3. The Bertz CT molecular complexity index is 818. The summed E-state index contributed by atoms with van der Waals surface area (Å²) in [7, 11) is 3.24. The van der Waals surface area contributed by atoms with Gasteiger partial charge in [-0.25, -0.2) is 4.98 Å². The average molecular weight is 402 g/mol. The highest BCUT2D eigenvalue weighted by atomic mass is 16.5. The number of aliphatic hydroxyl groups is 1. The fourth-order valence-corrected chi connectivity index (χ4v) is 3.48. The maximum atomic E-state index is 10.2. The van der Waals surface area contributed by atoms with Gasteiger partial charge >= 0.3 is 0 Å². The molecule has 6 heteroatoms. The van der Waals surface area contributed by atoms with Gasteiger partial charge in [0.2, 0.25) is 5.88 Å². The van der Waals surface area contributed by atoms with Crippen LogP contribution in [0.3, 0.4) is 0 Å². The molecule has 0 amide bonds. The van der Waals surface area contributed by atoms with Crippen LogP contribution in [0.1, 0.15) is 70.4 Å². The van der Waals surface area contributed by atoms with Crippen molar-refractivity contribution in [1.82, 2.24) is 9.97 Å². The van der Waals surface area contributed by atoms with E-state index in [1.54, 1.807) is 21.1 Å². The van der Waals surface area contributed by atoms with E-state index >= 15 is 0 Å². The zero-order valence-electron chi connectivity index (χ0n) is 18.8. The van der Waals surface area contributed by atoms with E-state index < -0.39 is 6.10 Å². The number of rotatable bonds is 10. The minimum atomic E-state index is -0.657. The van der Waals surface area contributed by atoms with Crippen molar-refractivity contribution < 1.29 is 14.6 Å². The monoisotopic (exact) mass is 401 g/mol. The van der Waals surface area contributed by atoms with Crippen molar-refractivity contribution in [1.29, 1.82) is 0 Å². The van der Waals surface area contributed by atoms with Crippen molar-refractivity contribution in [3.05, 3.63) is 29.0 Å². The van der Waals surface area contributed by atoms with Crippen LogP contribution in [0.15, 0.2) is 12.1 Å². The molecule has 0 aliphatic heterocycles. The van der Waals surface area contributed by atoms with E-state index in [9.17, 15) is 5.11 Å². The first-order chi connectivity index (χ1) is 13.9. The minimum Gasteiger partial charge on any atom is -0.496 e. The van der Waals surface area contributed by atoms with Crippen LogP contribution in [-0.2, 0) is 12.8 Å². The van der Waals surface area contributed by atoms with Crippen molar-refractivity contribution in [2.45, 2.75) is 72.4 Å². The highest BCUT2D eigenvalue weighted by molar-refractivity contribution is 5.72. The molecule has 0 fully saturated rings. The number of methoxy groups -OCH3 is 2. The van der Waals surface area contributed by atoms with Gasteiger partial charge in [-0.2, -0.15) is 4.98 Å². The van der Waals surface area contributed by atoms with Gasteiger partial charge in [0.15, 0.2) is 5.82 Å². The largest absolute Gasteiger partial charge is 0.496 e. The Morgan fingerprint density at radius 3 is 2.17 bits per heavy atom. The first kappa shape index (κ1) is 22.9. The summed E-state index contributed by atoms with van der Waals surface area (Å²) in [5.74, 6) is 1.94. The predicted molar refractivity (Wildman–Crippen MR) is 118 cm³/mol. The highest BCUT2D eigenvalue weighted by Gasteiger charge is 2.21. The normalized spacial score (nSPS) is 12.2. The van der Waals surface area contributed by atoms with Crippen LogP contribution < -0.4 is 14.8 Å². The van der Waals surface area contributed by atoms with Crippen molar-refractivity contribution in [3.63, 3.8) is 0 Å². The minimum absolute atomic E-state index is 0.346. The third-order valence-electron chi connectivity index (χ3n) is 5.33. The fraction of sp³-hybridized carbons (Fsp3) is 0.565. The first-order valence-electron chi connectivity index (χ1n) is 10.5. The number of aryl methyl sites for hydroxylation is 2. The molecular weight excluding hydrogens is 366 g/mol. The van der Waals surface area contributed by atoms with Crippen LogP contribution in [0, 0.1) is 0 Å². The van der Waals surface area contributed by atoms with Gasteiger partial charge in [0.1, 0.15) is 11.4 Å². The number of nitrogens with one attached hydrogen (secondary N) is 1. The molecule has 0 saturated carbocycles. The number of nitrogens with zero attached hydrogens (tertiary/aromatic N) is 2. The lowest BCUT2D eigenvalue weighted by molar-refractivity contribution is 0.194. The van der Waals surface area contributed by atoms with Crippen LogP contribution >= 0.6 is 0 Å². The molecule has 1 unspecified atom stereocenters. The Kier molecular flexibility index (Phi) is 8.26. The number of benzene rings is 1. The zero-order chi connectivity index (χ0) is 21.6. The summed E-state index contributed by atoms with van der Waals surface area (Å²) in [6.45, 7) is 10.2. The second kappa shape index (κ2) is 10.4. The number of anilines is 1. The summed E-state index contributed by atoms with van der Waals surface area (Å²) in [4.78, 5) is 9.72. The van der Waals surface area contributed by atoms with Crippen LogP contribution in [0.25, 0.3) is 11.3 Å². The van der Waals surface area contributed by atoms with Gasteiger partial charge in [0, 0.05) is 17.2 Å². The van der Waals surface area contributed by atoms with Crippen LogP contribution in [-0.4, -0.2) is 35.3 Å². The molecule has 0 saturated heterocycles. The lowest BCUT2D eigenvalue weighted by Crippen LogP contribution is -2.20. The fourth-order valence-electron chi connectivity index (χ4n) is 3.48. The molecule has 29 heavy (non-hydrogen) atoms. The Balaban J connectivity index is 2.69. The number of aromatic nitrogens is 2. The summed E-state index contributed by atoms with van der Waals surface area (Å²) < 4.78 is 11.1. The Morgan fingerprint density at radius 1 is 1.00 bits per heavy atom. The summed E-state index contributed by atoms with van der Waals surface area (Å²) in [5.41, 5.74) is 4.31.